The highest BCUT2D eigenvalue weighted by atomic mass is 16.7. The van der Waals surface area contributed by atoms with Gasteiger partial charge in [0, 0.05) is 0 Å². The zero-order valence-electron chi connectivity index (χ0n) is 8.06. The minimum absolute atomic E-state index is 0.272. The molecule has 1 saturated heterocycles. The smallest absolute Gasteiger partial charge is 0.163 e. The van der Waals surface area contributed by atoms with E-state index in [0.29, 0.717) is 6.61 Å². The molecule has 2 atom stereocenters. The summed E-state index contributed by atoms with van der Waals surface area (Å²) in [5.74, 6) is -0.576. The third-order valence-electron chi connectivity index (χ3n) is 1.86. The van der Waals surface area contributed by atoms with Crippen LogP contribution in [0.3, 0.4) is 0 Å². The molecule has 1 aliphatic rings. The van der Waals surface area contributed by atoms with E-state index in [1.807, 2.05) is 13.8 Å². The first-order chi connectivity index (χ1) is 6.05. The molecule has 3 heteroatoms. The minimum atomic E-state index is -0.625. The first-order valence-electron chi connectivity index (χ1n) is 4.34. The normalized spacial score (nSPS) is 29.3. The fourth-order valence-corrected chi connectivity index (χ4v) is 1.20. The molecule has 1 rings (SSSR count). The third-order valence-corrected chi connectivity index (χ3v) is 1.86. The maximum atomic E-state index is 9.57. The van der Waals surface area contributed by atoms with Gasteiger partial charge >= 0.3 is 0 Å². The summed E-state index contributed by atoms with van der Waals surface area (Å²) in [6.07, 6.45) is 4.05. The summed E-state index contributed by atoms with van der Waals surface area (Å²) < 4.78 is 10.8. The lowest BCUT2D eigenvalue weighted by Crippen LogP contribution is -2.29. The summed E-state index contributed by atoms with van der Waals surface area (Å²) in [7, 11) is 0. The van der Waals surface area contributed by atoms with E-state index in [4.69, 9.17) is 9.47 Å². The maximum Gasteiger partial charge on any atom is 0.163 e. The Hall–Kier alpha value is -0.640. The average molecular weight is 184 g/mol. The van der Waals surface area contributed by atoms with Crippen molar-refractivity contribution in [3.63, 3.8) is 0 Å². The SMILES string of the molecule is C=C/C=C\[C@H](O)[C@@H]1COC(C)(C)O1. The molecule has 0 aromatic rings. The molecule has 1 aliphatic heterocycles. The van der Waals surface area contributed by atoms with Crippen LogP contribution < -0.4 is 0 Å². The predicted molar refractivity (Wildman–Crippen MR) is 50.2 cm³/mol. The molecule has 0 aromatic carbocycles. The van der Waals surface area contributed by atoms with Crippen molar-refractivity contribution in [2.24, 2.45) is 0 Å². The van der Waals surface area contributed by atoms with Crippen molar-refractivity contribution in [3.05, 3.63) is 24.8 Å². The molecule has 74 valence electrons. The lowest BCUT2D eigenvalue weighted by molar-refractivity contribution is -0.147. The van der Waals surface area contributed by atoms with Crippen molar-refractivity contribution in [2.45, 2.75) is 31.8 Å². The van der Waals surface area contributed by atoms with Crippen LogP contribution in [-0.4, -0.2) is 29.7 Å². The van der Waals surface area contributed by atoms with Crippen LogP contribution in [0.5, 0.6) is 0 Å². The zero-order valence-corrected chi connectivity index (χ0v) is 8.06. The number of rotatable bonds is 3. The number of ether oxygens (including phenoxy) is 2. The Labute approximate surface area is 78.7 Å². The van der Waals surface area contributed by atoms with Crippen LogP contribution in [-0.2, 0) is 9.47 Å². The molecule has 0 aliphatic carbocycles. The fraction of sp³-hybridized carbons (Fsp3) is 0.600. The summed E-state index contributed by atoms with van der Waals surface area (Å²) in [5.41, 5.74) is 0. The van der Waals surface area contributed by atoms with Gasteiger partial charge in [-0.25, -0.2) is 0 Å². The second-order valence-electron chi connectivity index (χ2n) is 3.48. The van der Waals surface area contributed by atoms with Gasteiger partial charge in [-0.2, -0.15) is 0 Å². The summed E-state index contributed by atoms with van der Waals surface area (Å²) in [4.78, 5) is 0. The third kappa shape index (κ3) is 2.95. The van der Waals surface area contributed by atoms with E-state index in [-0.39, 0.29) is 6.10 Å². The van der Waals surface area contributed by atoms with Gasteiger partial charge in [0.15, 0.2) is 5.79 Å². The van der Waals surface area contributed by atoms with Crippen LogP contribution in [0.4, 0.5) is 0 Å². The average Bonchev–Trinajstić information content (AvgIpc) is 2.42. The van der Waals surface area contributed by atoms with Crippen molar-refractivity contribution in [1.82, 2.24) is 0 Å². The van der Waals surface area contributed by atoms with Crippen molar-refractivity contribution < 1.29 is 14.6 Å². The number of aliphatic hydroxyl groups excluding tert-OH is 1. The molecular formula is C10H16O3. The number of allylic oxidation sites excluding steroid dienone is 2. The Morgan fingerprint density at radius 3 is 2.77 bits per heavy atom. The topological polar surface area (TPSA) is 38.7 Å². The Bertz CT molecular complexity index is 208. The highest BCUT2D eigenvalue weighted by Crippen LogP contribution is 2.24. The van der Waals surface area contributed by atoms with E-state index < -0.39 is 11.9 Å². The highest BCUT2D eigenvalue weighted by Gasteiger charge is 2.35. The van der Waals surface area contributed by atoms with Crippen LogP contribution in [0.15, 0.2) is 24.8 Å². The molecule has 13 heavy (non-hydrogen) atoms. The van der Waals surface area contributed by atoms with E-state index in [2.05, 4.69) is 6.58 Å². The van der Waals surface area contributed by atoms with Crippen molar-refractivity contribution in [1.29, 1.82) is 0 Å². The Balaban J connectivity index is 2.46. The molecule has 0 aromatic heterocycles. The standard InChI is InChI=1S/C10H16O3/c1-4-5-6-8(11)9-7-12-10(2,3)13-9/h4-6,8-9,11H,1,7H2,2-3H3/b6-5-/t8-,9-/m0/s1. The van der Waals surface area contributed by atoms with E-state index in [9.17, 15) is 5.11 Å². The van der Waals surface area contributed by atoms with Gasteiger partial charge in [0.2, 0.25) is 0 Å². The van der Waals surface area contributed by atoms with Gasteiger partial charge in [0.25, 0.3) is 0 Å². The number of hydrogen-bond acceptors (Lipinski definition) is 3. The molecule has 0 radical (unpaired) electrons. The highest BCUT2D eigenvalue weighted by molar-refractivity contribution is 5.03. The van der Waals surface area contributed by atoms with E-state index >= 15 is 0 Å². The van der Waals surface area contributed by atoms with Gasteiger partial charge in [-0.05, 0) is 13.8 Å². The van der Waals surface area contributed by atoms with Crippen molar-refractivity contribution >= 4 is 0 Å². The molecule has 3 nitrogen and oxygen atoms in total. The fourth-order valence-electron chi connectivity index (χ4n) is 1.20. The van der Waals surface area contributed by atoms with Gasteiger partial charge in [-0.15, -0.1) is 0 Å². The van der Waals surface area contributed by atoms with E-state index in [0.717, 1.165) is 0 Å². The monoisotopic (exact) mass is 184 g/mol. The van der Waals surface area contributed by atoms with Crippen LogP contribution in [0.1, 0.15) is 13.8 Å². The van der Waals surface area contributed by atoms with Gasteiger partial charge in [0.05, 0.1) is 6.61 Å². The second-order valence-corrected chi connectivity index (χ2v) is 3.48. The van der Waals surface area contributed by atoms with Gasteiger partial charge in [-0.1, -0.05) is 24.8 Å². The Morgan fingerprint density at radius 2 is 2.31 bits per heavy atom. The summed E-state index contributed by atoms with van der Waals surface area (Å²) in [6.45, 7) is 7.60. The predicted octanol–water partition coefficient (Wildman–Crippen LogP) is 1.24. The summed E-state index contributed by atoms with van der Waals surface area (Å²) in [5, 5.41) is 9.57. The van der Waals surface area contributed by atoms with Crippen LogP contribution >= 0.6 is 0 Å². The number of aliphatic hydroxyl groups is 1. The minimum Gasteiger partial charge on any atom is -0.386 e. The van der Waals surface area contributed by atoms with Crippen LogP contribution in [0.25, 0.3) is 0 Å². The molecule has 0 unspecified atom stereocenters. The molecule has 0 bridgehead atoms. The lowest BCUT2D eigenvalue weighted by Gasteiger charge is -2.18. The first kappa shape index (κ1) is 10.4. The molecule has 1 heterocycles. The molecular weight excluding hydrogens is 168 g/mol. The van der Waals surface area contributed by atoms with Gasteiger partial charge in [0.1, 0.15) is 12.2 Å². The summed E-state index contributed by atoms with van der Waals surface area (Å²) >= 11 is 0. The summed E-state index contributed by atoms with van der Waals surface area (Å²) in [6, 6.07) is 0. The Kier molecular flexibility index (Phi) is 3.25. The molecule has 0 saturated carbocycles. The quantitative estimate of drug-likeness (QED) is 0.671. The first-order valence-corrected chi connectivity index (χ1v) is 4.34. The van der Waals surface area contributed by atoms with Crippen molar-refractivity contribution in [2.75, 3.05) is 6.61 Å². The second kappa shape index (κ2) is 4.05. The largest absolute Gasteiger partial charge is 0.386 e. The van der Waals surface area contributed by atoms with Crippen LogP contribution in [0.2, 0.25) is 0 Å². The van der Waals surface area contributed by atoms with E-state index in [1.165, 1.54) is 0 Å². The van der Waals surface area contributed by atoms with Crippen molar-refractivity contribution in [3.8, 4) is 0 Å². The zero-order chi connectivity index (χ0) is 9.90. The molecule has 1 N–H and O–H groups in total. The van der Waals surface area contributed by atoms with E-state index in [1.54, 1.807) is 18.2 Å². The number of hydrogen-bond donors (Lipinski definition) is 1. The Morgan fingerprint density at radius 1 is 1.62 bits per heavy atom. The maximum absolute atomic E-state index is 9.57. The van der Waals surface area contributed by atoms with Gasteiger partial charge in [-0.3, -0.25) is 0 Å². The molecule has 1 fully saturated rings. The molecule has 0 amide bonds. The van der Waals surface area contributed by atoms with Crippen LogP contribution in [0, 0.1) is 0 Å². The van der Waals surface area contributed by atoms with Gasteiger partial charge < -0.3 is 14.6 Å². The lowest BCUT2D eigenvalue weighted by atomic mass is 10.2. The molecule has 0 spiro atoms.